The van der Waals surface area contributed by atoms with Gasteiger partial charge in [0, 0.05) is 22.2 Å². The third-order valence-corrected chi connectivity index (χ3v) is 7.83. The van der Waals surface area contributed by atoms with Gasteiger partial charge >= 0.3 is 0 Å². The molecule has 0 aliphatic carbocycles. The summed E-state index contributed by atoms with van der Waals surface area (Å²) in [6.45, 7) is 15.5. The molecule has 0 atom stereocenters. The minimum Gasteiger partial charge on any atom is -0.311 e. The van der Waals surface area contributed by atoms with Gasteiger partial charge in [0.25, 0.3) is 0 Å². The lowest BCUT2D eigenvalue weighted by molar-refractivity contribution is 1.18. The lowest BCUT2D eigenvalue weighted by Gasteiger charge is -2.16. The van der Waals surface area contributed by atoms with E-state index in [-0.39, 0.29) is 0 Å². The van der Waals surface area contributed by atoms with Gasteiger partial charge in [0.15, 0.2) is 11.4 Å². The number of nitriles is 1. The van der Waals surface area contributed by atoms with E-state index in [2.05, 4.69) is 50.7 Å². The van der Waals surface area contributed by atoms with E-state index in [0.29, 0.717) is 16.9 Å². The zero-order valence-electron chi connectivity index (χ0n) is 23.0. The number of para-hydroxylation sites is 1. The summed E-state index contributed by atoms with van der Waals surface area (Å²) in [6.07, 6.45) is 0. The third kappa shape index (κ3) is 4.39. The summed E-state index contributed by atoms with van der Waals surface area (Å²) in [5.74, 6) is 0. The lowest BCUT2D eigenvalue weighted by atomic mass is 9.88. The molecule has 1 aromatic heterocycles. The van der Waals surface area contributed by atoms with Gasteiger partial charge in [-0.05, 0) is 76.2 Å². The summed E-state index contributed by atoms with van der Waals surface area (Å²) in [6, 6.07) is 46.3. The van der Waals surface area contributed by atoms with Gasteiger partial charge in [-0.3, -0.25) is 0 Å². The maximum absolute atomic E-state index is 10.4. The van der Waals surface area contributed by atoms with Crippen molar-refractivity contribution in [1.82, 2.24) is 4.57 Å². The smallest absolute Gasteiger partial charge is 0.189 e. The second-order valence-electron chi connectivity index (χ2n) is 10.3. The molecule has 4 heteroatoms. The van der Waals surface area contributed by atoms with Gasteiger partial charge in [-0.2, -0.15) is 5.26 Å². The van der Waals surface area contributed by atoms with Crippen molar-refractivity contribution >= 4 is 33.2 Å². The number of aromatic nitrogens is 1. The molecule has 43 heavy (non-hydrogen) atoms. The minimum absolute atomic E-state index is 0.517. The van der Waals surface area contributed by atoms with Crippen LogP contribution in [0.1, 0.15) is 5.56 Å². The first kappa shape index (κ1) is 25.6. The normalized spacial score (nSPS) is 10.7. The van der Waals surface area contributed by atoms with Crippen molar-refractivity contribution in [2.75, 3.05) is 0 Å². The van der Waals surface area contributed by atoms with Crippen LogP contribution in [0.3, 0.4) is 0 Å². The van der Waals surface area contributed by atoms with Crippen LogP contribution in [-0.2, 0) is 0 Å². The van der Waals surface area contributed by atoms with E-state index in [0.717, 1.165) is 60.9 Å². The predicted molar refractivity (Wildman–Crippen MR) is 174 cm³/mol. The maximum Gasteiger partial charge on any atom is 0.189 e. The van der Waals surface area contributed by atoms with E-state index in [1.165, 1.54) is 0 Å². The molecular weight excluding hydrogens is 524 g/mol. The Morgan fingerprint density at radius 3 is 1.72 bits per heavy atom. The van der Waals surface area contributed by atoms with Gasteiger partial charge in [0.1, 0.15) is 6.07 Å². The van der Waals surface area contributed by atoms with E-state index < -0.39 is 0 Å². The van der Waals surface area contributed by atoms with Gasteiger partial charge in [0.05, 0.1) is 29.7 Å². The monoisotopic (exact) mass is 546 g/mol. The summed E-state index contributed by atoms with van der Waals surface area (Å²) in [5.41, 5.74) is 9.95. The van der Waals surface area contributed by atoms with Gasteiger partial charge in [-0.25, -0.2) is 9.69 Å². The first-order chi connectivity index (χ1) is 21.2. The first-order valence-corrected chi connectivity index (χ1v) is 13.8. The van der Waals surface area contributed by atoms with E-state index in [4.69, 9.17) is 13.1 Å². The molecule has 0 saturated heterocycles. The van der Waals surface area contributed by atoms with Crippen LogP contribution in [0.25, 0.3) is 70.6 Å². The molecule has 0 unspecified atom stereocenters. The maximum atomic E-state index is 10.4. The number of benzene rings is 6. The average molecular weight is 547 g/mol. The molecular formula is C39H22N4. The average Bonchev–Trinajstić information content (AvgIpc) is 3.41. The molecule has 0 aliphatic rings. The predicted octanol–water partition coefficient (Wildman–Crippen LogP) is 10.8. The molecule has 0 bridgehead atoms. The van der Waals surface area contributed by atoms with Crippen LogP contribution >= 0.6 is 0 Å². The van der Waals surface area contributed by atoms with Crippen molar-refractivity contribution in [3.05, 3.63) is 162 Å². The number of rotatable bonds is 4. The highest BCUT2D eigenvalue weighted by molar-refractivity contribution is 6.10. The molecule has 0 aliphatic heterocycles. The van der Waals surface area contributed by atoms with Crippen LogP contribution in [0.4, 0.5) is 11.4 Å². The number of hydrogen-bond acceptors (Lipinski definition) is 1. The molecule has 0 N–H and O–H groups in total. The highest BCUT2D eigenvalue weighted by atomic mass is 15.0. The number of nitrogens with zero attached hydrogens (tertiary/aromatic N) is 4. The van der Waals surface area contributed by atoms with Gasteiger partial charge < -0.3 is 4.57 Å². The van der Waals surface area contributed by atoms with Crippen LogP contribution in [0.15, 0.2) is 133 Å². The van der Waals surface area contributed by atoms with Crippen molar-refractivity contribution in [3.63, 3.8) is 0 Å². The molecule has 198 valence electrons. The number of hydrogen-bond donors (Lipinski definition) is 0. The fourth-order valence-electron chi connectivity index (χ4n) is 5.88. The lowest BCUT2D eigenvalue weighted by Crippen LogP contribution is -1.96. The Hall–Kier alpha value is -6.41. The van der Waals surface area contributed by atoms with Crippen LogP contribution in [-0.4, -0.2) is 4.57 Å². The van der Waals surface area contributed by atoms with E-state index in [1.807, 2.05) is 103 Å². The molecule has 0 spiro atoms. The Kier molecular flexibility index (Phi) is 6.26. The highest BCUT2D eigenvalue weighted by Gasteiger charge is 2.18. The Morgan fingerprint density at radius 1 is 0.512 bits per heavy atom. The summed E-state index contributed by atoms with van der Waals surface area (Å²) in [4.78, 5) is 7.50. The molecule has 1 heterocycles. The summed E-state index contributed by atoms with van der Waals surface area (Å²) in [7, 11) is 0. The molecule has 7 rings (SSSR count). The van der Waals surface area contributed by atoms with Crippen molar-refractivity contribution < 1.29 is 0 Å². The zero-order valence-corrected chi connectivity index (χ0v) is 23.0. The van der Waals surface area contributed by atoms with Crippen LogP contribution in [0.2, 0.25) is 0 Å². The van der Waals surface area contributed by atoms with Crippen molar-refractivity contribution in [1.29, 1.82) is 5.26 Å². The quantitative estimate of drug-likeness (QED) is 0.202. The second-order valence-corrected chi connectivity index (χ2v) is 10.3. The van der Waals surface area contributed by atoms with Crippen molar-refractivity contribution in [2.24, 2.45) is 0 Å². The minimum atomic E-state index is 0.517. The molecule has 0 saturated carbocycles. The fourth-order valence-corrected chi connectivity index (χ4v) is 5.88. The summed E-state index contributed by atoms with van der Waals surface area (Å²) >= 11 is 0. The van der Waals surface area contributed by atoms with Gasteiger partial charge in [-0.1, -0.05) is 84.9 Å². The van der Waals surface area contributed by atoms with Crippen molar-refractivity contribution in [2.45, 2.75) is 0 Å². The Labute approximate surface area is 249 Å². The third-order valence-electron chi connectivity index (χ3n) is 7.83. The SMILES string of the molecule is [C-]#[N+]c1cc(-c2cc(-c3ccccc3)c(C#N)c(-c3ccccc3)c2)cc(-n2c3ccccc3c3cc([N+]#[C-])ccc32)c1. The summed E-state index contributed by atoms with van der Waals surface area (Å²) in [5, 5.41) is 12.4. The van der Waals surface area contributed by atoms with Crippen molar-refractivity contribution in [3.8, 4) is 45.1 Å². The Balaban J connectivity index is 1.52. The Morgan fingerprint density at radius 2 is 1.09 bits per heavy atom. The zero-order chi connectivity index (χ0) is 29.3. The molecule has 0 radical (unpaired) electrons. The number of fused-ring (bicyclic) bond motifs is 3. The largest absolute Gasteiger partial charge is 0.311 e. The van der Waals surface area contributed by atoms with Crippen LogP contribution in [0, 0.1) is 24.5 Å². The standard InChI is InChI=1S/C39H22N4/c1-41-30-17-18-39-36(24-30)33-15-9-10-16-38(33)43(39)32-20-28(19-31(23-32)42-2)29-21-34(26-11-5-3-6-12-26)37(25-40)35(22-29)27-13-7-4-8-14-27/h3-24H. The first-order valence-electron chi connectivity index (χ1n) is 13.8. The van der Waals surface area contributed by atoms with Gasteiger partial charge in [-0.15, -0.1) is 0 Å². The topological polar surface area (TPSA) is 37.4 Å². The highest BCUT2D eigenvalue weighted by Crippen LogP contribution is 2.40. The second kappa shape index (κ2) is 10.5. The van der Waals surface area contributed by atoms with Gasteiger partial charge in [0.2, 0.25) is 0 Å². The Bertz CT molecular complexity index is 2250. The molecule has 0 amide bonds. The molecule has 6 aromatic carbocycles. The summed E-state index contributed by atoms with van der Waals surface area (Å²) < 4.78 is 2.16. The van der Waals surface area contributed by atoms with E-state index in [1.54, 1.807) is 0 Å². The molecule has 0 fully saturated rings. The van der Waals surface area contributed by atoms with Crippen LogP contribution in [0.5, 0.6) is 0 Å². The van der Waals surface area contributed by atoms with E-state index in [9.17, 15) is 5.26 Å². The molecule has 7 aromatic rings. The van der Waals surface area contributed by atoms with Crippen LogP contribution < -0.4 is 0 Å². The van der Waals surface area contributed by atoms with E-state index >= 15 is 0 Å². The molecule has 4 nitrogen and oxygen atoms in total. The fraction of sp³-hybridized carbons (Fsp3) is 0.